The summed E-state index contributed by atoms with van der Waals surface area (Å²) < 4.78 is 10.8. The van der Waals surface area contributed by atoms with Crippen LogP contribution in [-0.2, 0) is 17.6 Å². The fourth-order valence-corrected chi connectivity index (χ4v) is 5.79. The minimum atomic E-state index is -0.689. The monoisotopic (exact) mass is 504 g/mol. The van der Waals surface area contributed by atoms with Crippen LogP contribution in [0.5, 0.6) is 11.5 Å². The maximum Gasteiger partial charge on any atom is 0.303 e. The van der Waals surface area contributed by atoms with Gasteiger partial charge in [0.2, 0.25) is 0 Å². The number of carboxylic acids is 1. The number of fused-ring (bicyclic) bond motifs is 1. The molecular weight excluding hydrogens is 464 g/mol. The van der Waals surface area contributed by atoms with Crippen molar-refractivity contribution in [2.45, 2.75) is 51.4 Å². The summed E-state index contributed by atoms with van der Waals surface area (Å²) in [6.07, 6.45) is 9.42. The first-order valence-corrected chi connectivity index (χ1v) is 13.5. The van der Waals surface area contributed by atoms with Crippen LogP contribution < -0.4 is 9.47 Å². The minimum Gasteiger partial charge on any atom is -0.497 e. The average Bonchev–Trinajstić information content (AvgIpc) is 2.92. The summed E-state index contributed by atoms with van der Waals surface area (Å²) in [5.74, 6) is 2.10. The molecule has 3 aromatic rings. The number of pyridine rings is 1. The normalized spacial score (nSPS) is 18.1. The highest BCUT2D eigenvalue weighted by molar-refractivity contribution is 5.83. The molecule has 0 bridgehead atoms. The van der Waals surface area contributed by atoms with Crippen LogP contribution in [0.25, 0.3) is 10.9 Å². The maximum atomic E-state index is 11.3. The summed E-state index contributed by atoms with van der Waals surface area (Å²) in [5.41, 5.74) is 3.61. The van der Waals surface area contributed by atoms with Gasteiger partial charge in [-0.1, -0.05) is 12.1 Å². The Kier molecular flexibility index (Phi) is 9.78. The molecular formula is C31H40N2O4. The molecule has 1 aliphatic rings. The van der Waals surface area contributed by atoms with Gasteiger partial charge in [0.25, 0.3) is 0 Å². The van der Waals surface area contributed by atoms with E-state index >= 15 is 0 Å². The first-order valence-electron chi connectivity index (χ1n) is 13.5. The quantitative estimate of drug-likeness (QED) is 0.307. The minimum absolute atomic E-state index is 0.258. The molecule has 4 rings (SSSR count). The van der Waals surface area contributed by atoms with Crippen molar-refractivity contribution < 1.29 is 19.4 Å². The summed E-state index contributed by atoms with van der Waals surface area (Å²) in [7, 11) is 3.40. The Morgan fingerprint density at radius 2 is 1.84 bits per heavy atom. The lowest BCUT2D eigenvalue weighted by Gasteiger charge is -2.39. The van der Waals surface area contributed by atoms with E-state index in [1.54, 1.807) is 14.2 Å². The van der Waals surface area contributed by atoms with E-state index in [1.807, 2.05) is 30.5 Å². The highest BCUT2D eigenvalue weighted by atomic mass is 16.5. The molecule has 2 heterocycles. The van der Waals surface area contributed by atoms with Crippen LogP contribution in [-0.4, -0.2) is 54.8 Å². The van der Waals surface area contributed by atoms with E-state index in [0.29, 0.717) is 11.8 Å². The van der Waals surface area contributed by atoms with Crippen LogP contribution >= 0.6 is 0 Å². The number of rotatable bonds is 13. The molecule has 2 unspecified atom stereocenters. The summed E-state index contributed by atoms with van der Waals surface area (Å²) in [6.45, 7) is 3.16. The third-order valence-electron chi connectivity index (χ3n) is 7.84. The molecule has 1 aliphatic heterocycles. The summed E-state index contributed by atoms with van der Waals surface area (Å²) in [4.78, 5) is 18.4. The molecule has 6 heteroatoms. The molecule has 0 amide bonds. The van der Waals surface area contributed by atoms with E-state index in [4.69, 9.17) is 9.47 Å². The Labute approximate surface area is 220 Å². The first-order chi connectivity index (χ1) is 18.1. The van der Waals surface area contributed by atoms with E-state index in [0.717, 1.165) is 87.0 Å². The smallest absolute Gasteiger partial charge is 0.303 e. The zero-order chi connectivity index (χ0) is 26.0. The number of aryl methyl sites for hydroxylation is 2. The second-order valence-corrected chi connectivity index (χ2v) is 10.2. The lowest BCUT2D eigenvalue weighted by Crippen LogP contribution is -2.41. The van der Waals surface area contributed by atoms with Gasteiger partial charge in [-0.05, 0) is 117 Å². The predicted molar refractivity (Wildman–Crippen MR) is 147 cm³/mol. The number of aliphatic carboxylic acids is 1. The van der Waals surface area contributed by atoms with Crippen molar-refractivity contribution in [2.24, 2.45) is 11.8 Å². The lowest BCUT2D eigenvalue weighted by molar-refractivity contribution is -0.137. The molecule has 2 aromatic carbocycles. The van der Waals surface area contributed by atoms with E-state index < -0.39 is 5.97 Å². The molecule has 6 nitrogen and oxygen atoms in total. The second kappa shape index (κ2) is 13.4. The molecule has 0 saturated carbocycles. The number of hydrogen-bond acceptors (Lipinski definition) is 5. The number of likely N-dealkylation sites (tertiary alicyclic amines) is 1. The van der Waals surface area contributed by atoms with Gasteiger partial charge >= 0.3 is 5.97 Å². The van der Waals surface area contributed by atoms with E-state index in [9.17, 15) is 9.90 Å². The Hall–Kier alpha value is -3.12. The third-order valence-corrected chi connectivity index (χ3v) is 7.84. The lowest BCUT2D eigenvalue weighted by atomic mass is 9.79. The molecule has 1 saturated heterocycles. The topological polar surface area (TPSA) is 71.9 Å². The predicted octanol–water partition coefficient (Wildman–Crippen LogP) is 6.01. The van der Waals surface area contributed by atoms with Crippen molar-refractivity contribution in [3.63, 3.8) is 0 Å². The zero-order valence-electron chi connectivity index (χ0n) is 22.2. The van der Waals surface area contributed by atoms with Gasteiger partial charge in [-0.3, -0.25) is 9.78 Å². The number of piperidine rings is 1. The van der Waals surface area contributed by atoms with Crippen LogP contribution in [0.15, 0.2) is 54.7 Å². The van der Waals surface area contributed by atoms with Crippen molar-refractivity contribution >= 4 is 16.9 Å². The summed E-state index contributed by atoms with van der Waals surface area (Å²) in [5, 5.41) is 10.5. The standard InChI is InChI=1S/C31H40N2O4/c1-36-27-10-3-6-23(20-27)7-5-18-33-19-16-24(26(22-33)11-14-31(34)35)8-4-9-25-15-17-32-30-13-12-28(37-2)21-29(25)30/h3,6,10,12-13,15,17,20-21,24,26H,4-5,7-9,11,14,16,18-19,22H2,1-2H3,(H,34,35). The van der Waals surface area contributed by atoms with Gasteiger partial charge in [-0.25, -0.2) is 0 Å². The third kappa shape index (κ3) is 7.68. The van der Waals surface area contributed by atoms with E-state index in [-0.39, 0.29) is 6.42 Å². The zero-order valence-corrected chi connectivity index (χ0v) is 22.2. The Bertz CT molecular complexity index is 1160. The fourth-order valence-electron chi connectivity index (χ4n) is 5.79. The molecule has 1 N–H and O–H groups in total. The van der Waals surface area contributed by atoms with Crippen molar-refractivity contribution in [3.8, 4) is 11.5 Å². The molecule has 37 heavy (non-hydrogen) atoms. The van der Waals surface area contributed by atoms with Crippen LogP contribution in [0.3, 0.4) is 0 Å². The highest BCUT2D eigenvalue weighted by Gasteiger charge is 2.29. The van der Waals surface area contributed by atoms with Gasteiger partial charge in [-0.15, -0.1) is 0 Å². The van der Waals surface area contributed by atoms with Crippen molar-refractivity contribution in [2.75, 3.05) is 33.9 Å². The number of ether oxygens (including phenoxy) is 2. The van der Waals surface area contributed by atoms with Crippen molar-refractivity contribution in [1.82, 2.24) is 9.88 Å². The van der Waals surface area contributed by atoms with Gasteiger partial charge < -0.3 is 19.5 Å². The molecule has 198 valence electrons. The Morgan fingerprint density at radius 3 is 2.65 bits per heavy atom. The number of nitrogens with zero attached hydrogens (tertiary/aromatic N) is 2. The fraction of sp³-hybridized carbons (Fsp3) is 0.484. The average molecular weight is 505 g/mol. The number of carbonyl (C=O) groups is 1. The molecule has 2 atom stereocenters. The number of carboxylic acid groups (broad SMARTS) is 1. The number of aromatic nitrogens is 1. The van der Waals surface area contributed by atoms with Crippen molar-refractivity contribution in [3.05, 3.63) is 65.9 Å². The second-order valence-electron chi connectivity index (χ2n) is 10.2. The SMILES string of the molecule is COc1cccc(CCCN2CCC(CCCc3ccnc4ccc(OC)cc34)C(CCC(=O)O)C2)c1. The van der Waals surface area contributed by atoms with Gasteiger partial charge in [0.05, 0.1) is 19.7 Å². The van der Waals surface area contributed by atoms with Crippen LogP contribution in [0.4, 0.5) is 0 Å². The van der Waals surface area contributed by atoms with E-state index in [1.165, 1.54) is 11.1 Å². The molecule has 0 radical (unpaired) electrons. The van der Waals surface area contributed by atoms with Crippen molar-refractivity contribution in [1.29, 1.82) is 0 Å². The van der Waals surface area contributed by atoms with Crippen LogP contribution in [0.1, 0.15) is 49.7 Å². The van der Waals surface area contributed by atoms with Gasteiger partial charge in [0.1, 0.15) is 11.5 Å². The molecule has 0 spiro atoms. The maximum absolute atomic E-state index is 11.3. The Balaban J connectivity index is 1.31. The summed E-state index contributed by atoms with van der Waals surface area (Å²) >= 11 is 0. The molecule has 1 aromatic heterocycles. The largest absolute Gasteiger partial charge is 0.497 e. The Morgan fingerprint density at radius 1 is 1.00 bits per heavy atom. The number of benzene rings is 2. The molecule has 0 aliphatic carbocycles. The van der Waals surface area contributed by atoms with Crippen LogP contribution in [0, 0.1) is 11.8 Å². The molecule has 1 fully saturated rings. The summed E-state index contributed by atoms with van der Waals surface area (Å²) in [6, 6.07) is 16.5. The highest BCUT2D eigenvalue weighted by Crippen LogP contribution is 2.32. The van der Waals surface area contributed by atoms with E-state index in [2.05, 4.69) is 34.1 Å². The van der Waals surface area contributed by atoms with Gasteiger partial charge in [0.15, 0.2) is 0 Å². The van der Waals surface area contributed by atoms with Gasteiger partial charge in [-0.2, -0.15) is 0 Å². The van der Waals surface area contributed by atoms with Gasteiger partial charge in [0, 0.05) is 24.5 Å². The number of methoxy groups -OCH3 is 2. The number of hydrogen-bond donors (Lipinski definition) is 1. The van der Waals surface area contributed by atoms with Crippen LogP contribution in [0.2, 0.25) is 0 Å². The first kappa shape index (κ1) is 26.9.